The van der Waals surface area contributed by atoms with Crippen molar-refractivity contribution in [3.05, 3.63) is 58.0 Å². The zero-order valence-electron chi connectivity index (χ0n) is 12.2. The van der Waals surface area contributed by atoms with Crippen LogP contribution < -0.4 is 5.32 Å². The number of anilines is 1. The molecule has 1 aromatic heterocycles. The number of aromatic nitrogens is 1. The van der Waals surface area contributed by atoms with Crippen molar-refractivity contribution < 1.29 is 14.3 Å². The molecule has 5 heteroatoms. The summed E-state index contributed by atoms with van der Waals surface area (Å²) in [5.41, 5.74) is 2.83. The zero-order chi connectivity index (χ0) is 15.6. The first kappa shape index (κ1) is 15.0. The van der Waals surface area contributed by atoms with Crippen LogP contribution in [-0.4, -0.2) is 16.1 Å². The predicted molar refractivity (Wildman–Crippen MR) is 79.1 cm³/mol. The molecule has 4 nitrogen and oxygen atoms in total. The molecule has 0 amide bonds. The second-order valence-corrected chi connectivity index (χ2v) is 5.05. The molecule has 0 radical (unpaired) electrons. The normalized spacial score (nSPS) is 10.5. The minimum Gasteiger partial charge on any atom is -0.478 e. The molecule has 1 heterocycles. The maximum atomic E-state index is 13.6. The van der Waals surface area contributed by atoms with Crippen LogP contribution in [0.2, 0.25) is 0 Å². The van der Waals surface area contributed by atoms with Gasteiger partial charge in [0.05, 0.1) is 0 Å². The van der Waals surface area contributed by atoms with Gasteiger partial charge in [-0.05, 0) is 49.1 Å². The summed E-state index contributed by atoms with van der Waals surface area (Å²) in [4.78, 5) is 15.3. The molecule has 0 aliphatic carbocycles. The maximum Gasteiger partial charge on any atom is 0.339 e. The van der Waals surface area contributed by atoms with E-state index in [2.05, 4.69) is 10.3 Å². The van der Waals surface area contributed by atoms with E-state index in [-0.39, 0.29) is 11.4 Å². The van der Waals surface area contributed by atoms with Crippen LogP contribution >= 0.6 is 0 Å². The Morgan fingerprint density at radius 3 is 2.43 bits per heavy atom. The van der Waals surface area contributed by atoms with Crippen LogP contribution in [0.15, 0.2) is 24.4 Å². The van der Waals surface area contributed by atoms with Crippen LogP contribution in [0.3, 0.4) is 0 Å². The summed E-state index contributed by atoms with van der Waals surface area (Å²) in [6, 6.07) is 5.14. The van der Waals surface area contributed by atoms with Gasteiger partial charge in [-0.3, -0.25) is 0 Å². The Bertz CT molecular complexity index is 676. The highest BCUT2D eigenvalue weighted by Gasteiger charge is 2.14. The van der Waals surface area contributed by atoms with E-state index in [1.54, 1.807) is 45.2 Å². The molecule has 0 unspecified atom stereocenters. The molecule has 0 atom stereocenters. The number of carboxylic acid groups (broad SMARTS) is 1. The third-order valence-electron chi connectivity index (χ3n) is 3.33. The Kier molecular flexibility index (Phi) is 4.21. The highest BCUT2D eigenvalue weighted by Crippen LogP contribution is 2.19. The lowest BCUT2D eigenvalue weighted by atomic mass is 10.1. The number of aromatic carboxylic acids is 1. The summed E-state index contributed by atoms with van der Waals surface area (Å²) in [7, 11) is 0. The molecule has 2 aromatic rings. The molecule has 21 heavy (non-hydrogen) atoms. The Morgan fingerprint density at radius 1 is 1.24 bits per heavy atom. The number of nitrogens with zero attached hydrogens (tertiary/aromatic N) is 1. The summed E-state index contributed by atoms with van der Waals surface area (Å²) in [6.07, 6.45) is 1.56. The van der Waals surface area contributed by atoms with Crippen LogP contribution in [0.5, 0.6) is 0 Å². The van der Waals surface area contributed by atoms with Crippen LogP contribution in [-0.2, 0) is 6.54 Å². The van der Waals surface area contributed by atoms with E-state index in [4.69, 9.17) is 0 Å². The molecule has 2 N–H and O–H groups in total. The van der Waals surface area contributed by atoms with E-state index in [0.29, 0.717) is 29.1 Å². The first-order chi connectivity index (χ1) is 9.90. The van der Waals surface area contributed by atoms with Gasteiger partial charge in [-0.25, -0.2) is 14.2 Å². The monoisotopic (exact) mass is 288 g/mol. The minimum absolute atomic E-state index is 0.160. The highest BCUT2D eigenvalue weighted by atomic mass is 19.1. The van der Waals surface area contributed by atoms with Gasteiger partial charge in [-0.2, -0.15) is 0 Å². The molecule has 0 saturated heterocycles. The number of aryl methyl sites for hydroxylation is 3. The van der Waals surface area contributed by atoms with Crippen molar-refractivity contribution in [2.45, 2.75) is 27.3 Å². The molecular formula is C16H17FN2O2. The van der Waals surface area contributed by atoms with E-state index in [9.17, 15) is 14.3 Å². The van der Waals surface area contributed by atoms with Crippen LogP contribution in [0.4, 0.5) is 10.2 Å². The summed E-state index contributed by atoms with van der Waals surface area (Å²) in [5.74, 6) is -0.907. The number of halogens is 1. The lowest BCUT2D eigenvalue weighted by Gasteiger charge is -2.12. The van der Waals surface area contributed by atoms with Crippen molar-refractivity contribution >= 4 is 11.8 Å². The third-order valence-corrected chi connectivity index (χ3v) is 3.33. The van der Waals surface area contributed by atoms with Crippen LogP contribution in [0, 0.1) is 26.6 Å². The Balaban J connectivity index is 2.25. The molecule has 2 rings (SSSR count). The largest absolute Gasteiger partial charge is 0.478 e. The lowest BCUT2D eigenvalue weighted by Crippen LogP contribution is -2.10. The summed E-state index contributed by atoms with van der Waals surface area (Å²) < 4.78 is 13.6. The average Bonchev–Trinajstić information content (AvgIpc) is 2.41. The number of nitrogens with one attached hydrogen (secondary N) is 1. The number of carboxylic acids is 1. The van der Waals surface area contributed by atoms with Crippen molar-refractivity contribution in [1.82, 2.24) is 4.98 Å². The van der Waals surface area contributed by atoms with Crippen molar-refractivity contribution in [3.63, 3.8) is 0 Å². The maximum absolute atomic E-state index is 13.6. The predicted octanol–water partition coefficient (Wildman–Crippen LogP) is 3.46. The zero-order valence-corrected chi connectivity index (χ0v) is 12.2. The lowest BCUT2D eigenvalue weighted by molar-refractivity contribution is 0.0697. The molecule has 0 bridgehead atoms. The molecule has 0 aliphatic heterocycles. The standard InChI is InChI=1S/C16H17FN2O2/c1-9-4-5-18-15(13(9)16(20)21)19-8-12-6-10(2)14(17)11(3)7-12/h4-7H,8H2,1-3H3,(H,18,19)(H,20,21). The fourth-order valence-electron chi connectivity index (χ4n) is 2.29. The smallest absolute Gasteiger partial charge is 0.339 e. The van der Waals surface area contributed by atoms with Crippen LogP contribution in [0.1, 0.15) is 32.6 Å². The third kappa shape index (κ3) is 3.18. The van der Waals surface area contributed by atoms with E-state index in [0.717, 1.165) is 5.56 Å². The van der Waals surface area contributed by atoms with Gasteiger partial charge in [0, 0.05) is 12.7 Å². The van der Waals surface area contributed by atoms with E-state index in [1.807, 2.05) is 0 Å². The van der Waals surface area contributed by atoms with E-state index >= 15 is 0 Å². The Labute approximate surface area is 122 Å². The summed E-state index contributed by atoms with van der Waals surface area (Å²) in [6.45, 7) is 5.53. The van der Waals surface area contributed by atoms with Crippen molar-refractivity contribution in [2.75, 3.05) is 5.32 Å². The quantitative estimate of drug-likeness (QED) is 0.904. The van der Waals surface area contributed by atoms with E-state index < -0.39 is 5.97 Å². The molecular weight excluding hydrogens is 271 g/mol. The topological polar surface area (TPSA) is 62.2 Å². The number of hydrogen-bond donors (Lipinski definition) is 2. The number of pyridine rings is 1. The van der Waals surface area contributed by atoms with Crippen molar-refractivity contribution in [2.24, 2.45) is 0 Å². The van der Waals surface area contributed by atoms with Gasteiger partial charge in [-0.1, -0.05) is 12.1 Å². The Morgan fingerprint density at radius 2 is 1.86 bits per heavy atom. The highest BCUT2D eigenvalue weighted by molar-refractivity contribution is 5.94. The fourth-order valence-corrected chi connectivity index (χ4v) is 2.29. The van der Waals surface area contributed by atoms with Gasteiger partial charge in [0.2, 0.25) is 0 Å². The number of hydrogen-bond acceptors (Lipinski definition) is 3. The van der Waals surface area contributed by atoms with Gasteiger partial charge in [0.1, 0.15) is 17.2 Å². The number of benzene rings is 1. The SMILES string of the molecule is Cc1cc(CNc2nccc(C)c2C(=O)O)cc(C)c1F. The summed E-state index contributed by atoms with van der Waals surface area (Å²) in [5, 5.41) is 12.2. The average molecular weight is 288 g/mol. The first-order valence-electron chi connectivity index (χ1n) is 6.58. The van der Waals surface area contributed by atoms with E-state index in [1.165, 1.54) is 0 Å². The first-order valence-corrected chi connectivity index (χ1v) is 6.58. The molecule has 0 aliphatic rings. The van der Waals surface area contributed by atoms with Gasteiger partial charge in [-0.15, -0.1) is 0 Å². The number of carbonyl (C=O) groups is 1. The van der Waals surface area contributed by atoms with Gasteiger partial charge in [0.25, 0.3) is 0 Å². The van der Waals surface area contributed by atoms with Gasteiger partial charge < -0.3 is 10.4 Å². The molecule has 0 fully saturated rings. The van der Waals surface area contributed by atoms with Gasteiger partial charge in [0.15, 0.2) is 0 Å². The molecule has 1 aromatic carbocycles. The van der Waals surface area contributed by atoms with Gasteiger partial charge >= 0.3 is 5.97 Å². The van der Waals surface area contributed by atoms with Crippen LogP contribution in [0.25, 0.3) is 0 Å². The van der Waals surface area contributed by atoms with Crippen molar-refractivity contribution in [3.8, 4) is 0 Å². The second kappa shape index (κ2) is 5.91. The number of rotatable bonds is 4. The van der Waals surface area contributed by atoms with Crippen molar-refractivity contribution in [1.29, 1.82) is 0 Å². The molecule has 0 saturated carbocycles. The Hall–Kier alpha value is -2.43. The second-order valence-electron chi connectivity index (χ2n) is 5.05. The summed E-state index contributed by atoms with van der Waals surface area (Å²) >= 11 is 0. The molecule has 110 valence electrons. The fraction of sp³-hybridized carbons (Fsp3) is 0.250. The minimum atomic E-state index is -1.02. The molecule has 0 spiro atoms.